The van der Waals surface area contributed by atoms with Crippen LogP contribution in [-0.4, -0.2) is 24.9 Å². The fraction of sp³-hybridized carbons (Fsp3) is 0.278. The summed E-state index contributed by atoms with van der Waals surface area (Å²) in [6, 6.07) is 20.3. The SMILES string of the molecule is CC(=O)N(C)Cc1ccccc1.CNCc1ccccc1. The van der Waals surface area contributed by atoms with Gasteiger partial charge in [-0.25, -0.2) is 0 Å². The summed E-state index contributed by atoms with van der Waals surface area (Å²) < 4.78 is 0. The predicted octanol–water partition coefficient (Wildman–Crippen LogP) is 3.07. The highest BCUT2D eigenvalue weighted by molar-refractivity contribution is 5.72. The fourth-order valence-corrected chi connectivity index (χ4v) is 1.77. The fourth-order valence-electron chi connectivity index (χ4n) is 1.77. The number of amides is 1. The second kappa shape index (κ2) is 9.72. The lowest BCUT2D eigenvalue weighted by Gasteiger charge is -2.14. The van der Waals surface area contributed by atoms with Gasteiger partial charge >= 0.3 is 0 Å². The van der Waals surface area contributed by atoms with Gasteiger partial charge in [-0.05, 0) is 18.2 Å². The van der Waals surface area contributed by atoms with E-state index in [9.17, 15) is 4.79 Å². The molecule has 21 heavy (non-hydrogen) atoms. The smallest absolute Gasteiger partial charge is 0.219 e. The van der Waals surface area contributed by atoms with Crippen molar-refractivity contribution in [2.75, 3.05) is 14.1 Å². The van der Waals surface area contributed by atoms with Crippen LogP contribution in [0.15, 0.2) is 60.7 Å². The summed E-state index contributed by atoms with van der Waals surface area (Å²) in [7, 11) is 3.75. The van der Waals surface area contributed by atoms with Gasteiger partial charge in [0, 0.05) is 27.1 Å². The van der Waals surface area contributed by atoms with Crippen molar-refractivity contribution >= 4 is 5.91 Å². The molecule has 0 aromatic heterocycles. The van der Waals surface area contributed by atoms with Gasteiger partial charge < -0.3 is 10.2 Å². The molecule has 0 aliphatic carbocycles. The number of hydrogen-bond acceptors (Lipinski definition) is 2. The Hall–Kier alpha value is -2.13. The van der Waals surface area contributed by atoms with Crippen molar-refractivity contribution in [1.29, 1.82) is 0 Å². The van der Waals surface area contributed by atoms with Gasteiger partial charge in [0.1, 0.15) is 0 Å². The topological polar surface area (TPSA) is 32.3 Å². The van der Waals surface area contributed by atoms with E-state index in [-0.39, 0.29) is 5.91 Å². The van der Waals surface area contributed by atoms with E-state index < -0.39 is 0 Å². The zero-order valence-electron chi connectivity index (χ0n) is 13.0. The standard InChI is InChI=1S/C10H13NO.C8H11N/c1-9(12)11(2)8-10-6-4-3-5-7-10;1-9-7-8-5-3-2-4-6-8/h3-7H,8H2,1-2H3;2-6,9H,7H2,1H3. The van der Waals surface area contributed by atoms with E-state index in [4.69, 9.17) is 0 Å². The molecule has 2 aromatic rings. The minimum Gasteiger partial charge on any atom is -0.342 e. The maximum atomic E-state index is 10.9. The van der Waals surface area contributed by atoms with E-state index >= 15 is 0 Å². The highest BCUT2D eigenvalue weighted by Gasteiger charge is 2.01. The summed E-state index contributed by atoms with van der Waals surface area (Å²) in [5.41, 5.74) is 2.50. The Bertz CT molecular complexity index is 511. The van der Waals surface area contributed by atoms with Crippen LogP contribution in [0.1, 0.15) is 18.1 Å². The van der Waals surface area contributed by atoms with E-state index in [1.165, 1.54) is 5.56 Å². The number of benzene rings is 2. The molecule has 0 fully saturated rings. The molecule has 1 amide bonds. The molecule has 0 heterocycles. The normalized spacial score (nSPS) is 9.48. The molecular weight excluding hydrogens is 260 g/mol. The average molecular weight is 284 g/mol. The molecule has 1 N–H and O–H groups in total. The molecular formula is C18H24N2O. The Morgan fingerprint density at radius 1 is 0.952 bits per heavy atom. The molecule has 112 valence electrons. The van der Waals surface area contributed by atoms with Crippen molar-refractivity contribution in [3.8, 4) is 0 Å². The lowest BCUT2D eigenvalue weighted by molar-refractivity contribution is -0.128. The largest absolute Gasteiger partial charge is 0.342 e. The van der Waals surface area contributed by atoms with E-state index in [0.29, 0.717) is 6.54 Å². The first-order valence-corrected chi connectivity index (χ1v) is 7.07. The maximum Gasteiger partial charge on any atom is 0.219 e. The first-order valence-electron chi connectivity index (χ1n) is 7.07. The molecule has 0 saturated heterocycles. The molecule has 0 radical (unpaired) electrons. The third kappa shape index (κ3) is 7.28. The molecule has 0 aliphatic rings. The van der Waals surface area contributed by atoms with E-state index in [2.05, 4.69) is 17.4 Å². The highest BCUT2D eigenvalue weighted by Crippen LogP contribution is 2.01. The van der Waals surface area contributed by atoms with Gasteiger partial charge in [0.2, 0.25) is 5.91 Å². The maximum absolute atomic E-state index is 10.9. The second-order valence-electron chi connectivity index (χ2n) is 4.88. The third-order valence-corrected chi connectivity index (χ3v) is 3.02. The molecule has 0 saturated carbocycles. The Balaban J connectivity index is 0.000000219. The first-order chi connectivity index (χ1) is 10.1. The van der Waals surface area contributed by atoms with Crippen LogP contribution < -0.4 is 5.32 Å². The zero-order chi connectivity index (χ0) is 15.5. The molecule has 0 unspecified atom stereocenters. The molecule has 2 aromatic carbocycles. The number of hydrogen-bond donors (Lipinski definition) is 1. The van der Waals surface area contributed by atoms with Crippen LogP contribution in [0.2, 0.25) is 0 Å². The number of carbonyl (C=O) groups excluding carboxylic acids is 1. The summed E-state index contributed by atoms with van der Waals surface area (Å²) >= 11 is 0. The Morgan fingerprint density at radius 3 is 1.86 bits per heavy atom. The zero-order valence-corrected chi connectivity index (χ0v) is 13.0. The lowest BCUT2D eigenvalue weighted by Crippen LogP contribution is -2.22. The Kier molecular flexibility index (Phi) is 7.84. The minimum atomic E-state index is 0.0962. The Morgan fingerprint density at radius 2 is 1.43 bits per heavy atom. The number of nitrogens with zero attached hydrogens (tertiary/aromatic N) is 1. The summed E-state index contributed by atoms with van der Waals surface area (Å²) in [6.45, 7) is 3.22. The Labute approximate surface area is 127 Å². The van der Waals surface area contributed by atoms with Gasteiger partial charge in [-0.2, -0.15) is 0 Å². The monoisotopic (exact) mass is 284 g/mol. The molecule has 0 bridgehead atoms. The third-order valence-electron chi connectivity index (χ3n) is 3.02. The van der Waals surface area contributed by atoms with Crippen molar-refractivity contribution in [2.45, 2.75) is 20.0 Å². The summed E-state index contributed by atoms with van der Waals surface area (Å²) in [5.74, 6) is 0.0962. The minimum absolute atomic E-state index is 0.0962. The number of carbonyl (C=O) groups is 1. The number of rotatable bonds is 4. The van der Waals surface area contributed by atoms with Crippen LogP contribution in [0, 0.1) is 0 Å². The van der Waals surface area contributed by atoms with Gasteiger partial charge in [-0.15, -0.1) is 0 Å². The molecule has 3 heteroatoms. The van der Waals surface area contributed by atoms with Crippen molar-refractivity contribution < 1.29 is 4.79 Å². The van der Waals surface area contributed by atoms with E-state index in [1.807, 2.05) is 55.6 Å². The van der Waals surface area contributed by atoms with Gasteiger partial charge in [0.05, 0.1) is 0 Å². The predicted molar refractivity (Wildman–Crippen MR) is 87.8 cm³/mol. The summed E-state index contributed by atoms with van der Waals surface area (Å²) in [6.07, 6.45) is 0. The molecule has 3 nitrogen and oxygen atoms in total. The van der Waals surface area contributed by atoms with Gasteiger partial charge in [0.25, 0.3) is 0 Å². The van der Waals surface area contributed by atoms with Crippen molar-refractivity contribution in [1.82, 2.24) is 10.2 Å². The van der Waals surface area contributed by atoms with E-state index in [1.54, 1.807) is 18.9 Å². The van der Waals surface area contributed by atoms with Crippen LogP contribution in [-0.2, 0) is 17.9 Å². The van der Waals surface area contributed by atoms with Gasteiger partial charge in [-0.1, -0.05) is 60.7 Å². The molecule has 2 rings (SSSR count). The van der Waals surface area contributed by atoms with E-state index in [0.717, 1.165) is 12.1 Å². The van der Waals surface area contributed by atoms with Crippen LogP contribution in [0.3, 0.4) is 0 Å². The molecule has 0 atom stereocenters. The van der Waals surface area contributed by atoms with Crippen molar-refractivity contribution in [2.24, 2.45) is 0 Å². The number of nitrogens with one attached hydrogen (secondary N) is 1. The molecule has 0 aliphatic heterocycles. The summed E-state index contributed by atoms with van der Waals surface area (Å²) in [5, 5.41) is 3.08. The average Bonchev–Trinajstić information content (AvgIpc) is 2.50. The first kappa shape index (κ1) is 16.9. The highest BCUT2D eigenvalue weighted by atomic mass is 16.2. The quantitative estimate of drug-likeness (QED) is 0.936. The van der Waals surface area contributed by atoms with Crippen LogP contribution in [0.4, 0.5) is 0 Å². The van der Waals surface area contributed by atoms with Crippen LogP contribution >= 0.6 is 0 Å². The van der Waals surface area contributed by atoms with Crippen LogP contribution in [0.5, 0.6) is 0 Å². The van der Waals surface area contributed by atoms with Crippen molar-refractivity contribution in [3.05, 3.63) is 71.8 Å². The van der Waals surface area contributed by atoms with Crippen LogP contribution in [0.25, 0.3) is 0 Å². The van der Waals surface area contributed by atoms with Crippen molar-refractivity contribution in [3.63, 3.8) is 0 Å². The van der Waals surface area contributed by atoms with Gasteiger partial charge in [-0.3, -0.25) is 4.79 Å². The second-order valence-corrected chi connectivity index (χ2v) is 4.88. The van der Waals surface area contributed by atoms with Gasteiger partial charge in [0.15, 0.2) is 0 Å². The lowest BCUT2D eigenvalue weighted by atomic mass is 10.2. The summed E-state index contributed by atoms with van der Waals surface area (Å²) in [4.78, 5) is 12.6. The molecule has 0 spiro atoms.